The molecule has 0 atom stereocenters. The Bertz CT molecular complexity index is 799. The second-order valence-electron chi connectivity index (χ2n) is 6.16. The molecule has 1 fully saturated rings. The number of halogens is 3. The normalized spacial score (nSPS) is 15.0. The molecular weight excluding hydrogens is 406 g/mol. The van der Waals surface area contributed by atoms with Gasteiger partial charge in [-0.2, -0.15) is 0 Å². The third kappa shape index (κ3) is 4.09. The van der Waals surface area contributed by atoms with Crippen molar-refractivity contribution in [2.45, 2.75) is 12.8 Å². The number of carbonyl (C=O) groups excluding carboxylic acids is 2. The van der Waals surface area contributed by atoms with Gasteiger partial charge in [-0.3, -0.25) is 9.59 Å². The van der Waals surface area contributed by atoms with E-state index in [9.17, 15) is 18.4 Å². The zero-order valence-corrected chi connectivity index (χ0v) is 15.4. The Hall–Kier alpha value is -2.28. The Labute approximate surface area is 158 Å². The third-order valence-electron chi connectivity index (χ3n) is 4.46. The van der Waals surface area contributed by atoms with Gasteiger partial charge in [0.2, 0.25) is 5.91 Å². The van der Waals surface area contributed by atoms with Crippen molar-refractivity contribution >= 4 is 33.4 Å². The van der Waals surface area contributed by atoms with Gasteiger partial charge in [0.05, 0.1) is 0 Å². The van der Waals surface area contributed by atoms with E-state index in [0.29, 0.717) is 31.5 Å². The fraction of sp³-hybridized carbons (Fsp3) is 0.263. The Morgan fingerprint density at radius 3 is 2.15 bits per heavy atom. The highest BCUT2D eigenvalue weighted by atomic mass is 79.9. The van der Waals surface area contributed by atoms with Crippen molar-refractivity contribution in [3.05, 3.63) is 64.1 Å². The summed E-state index contributed by atoms with van der Waals surface area (Å²) in [7, 11) is 0. The SMILES string of the molecule is O=C(Nc1c(F)cccc1F)C1CCN(C(=O)c2ccc(Br)cc2)CC1. The van der Waals surface area contributed by atoms with Crippen LogP contribution in [0.2, 0.25) is 0 Å². The number of piperidine rings is 1. The molecule has 0 bridgehead atoms. The van der Waals surface area contributed by atoms with Crippen molar-refractivity contribution in [2.75, 3.05) is 18.4 Å². The summed E-state index contributed by atoms with van der Waals surface area (Å²) in [6.07, 6.45) is 0.897. The molecule has 0 unspecified atom stereocenters. The quantitative estimate of drug-likeness (QED) is 0.804. The molecule has 0 aliphatic carbocycles. The summed E-state index contributed by atoms with van der Waals surface area (Å²) in [5.74, 6) is -2.51. The van der Waals surface area contributed by atoms with Crippen LogP contribution in [0.3, 0.4) is 0 Å². The Morgan fingerprint density at radius 1 is 1.00 bits per heavy atom. The highest BCUT2D eigenvalue weighted by molar-refractivity contribution is 9.10. The van der Waals surface area contributed by atoms with Gasteiger partial charge in [-0.25, -0.2) is 8.78 Å². The molecule has 2 amide bonds. The maximum absolute atomic E-state index is 13.7. The molecular formula is C19H17BrF2N2O2. The van der Waals surface area contributed by atoms with Crippen LogP contribution >= 0.6 is 15.9 Å². The fourth-order valence-electron chi connectivity index (χ4n) is 2.96. The van der Waals surface area contributed by atoms with Gasteiger partial charge in [-0.1, -0.05) is 22.0 Å². The third-order valence-corrected chi connectivity index (χ3v) is 4.98. The van der Waals surface area contributed by atoms with Crippen molar-refractivity contribution in [1.82, 2.24) is 4.90 Å². The van der Waals surface area contributed by atoms with Gasteiger partial charge >= 0.3 is 0 Å². The van der Waals surface area contributed by atoms with E-state index in [1.165, 1.54) is 6.07 Å². The van der Waals surface area contributed by atoms with Gasteiger partial charge in [0.15, 0.2) is 0 Å². The number of benzene rings is 2. The first-order valence-electron chi connectivity index (χ1n) is 8.25. The average Bonchev–Trinajstić information content (AvgIpc) is 2.65. The summed E-state index contributed by atoms with van der Waals surface area (Å²) in [5.41, 5.74) is 0.162. The molecule has 7 heteroatoms. The van der Waals surface area contributed by atoms with Gasteiger partial charge in [0, 0.05) is 29.0 Å². The van der Waals surface area contributed by atoms with Gasteiger partial charge < -0.3 is 10.2 Å². The zero-order chi connectivity index (χ0) is 18.7. The van der Waals surface area contributed by atoms with Crippen LogP contribution in [-0.2, 0) is 4.79 Å². The second-order valence-corrected chi connectivity index (χ2v) is 7.07. The molecule has 26 heavy (non-hydrogen) atoms. The van der Waals surface area contributed by atoms with Gasteiger partial charge in [-0.15, -0.1) is 0 Å². The summed E-state index contributed by atoms with van der Waals surface area (Å²) < 4.78 is 28.2. The molecule has 136 valence electrons. The zero-order valence-electron chi connectivity index (χ0n) is 13.8. The highest BCUT2D eigenvalue weighted by Crippen LogP contribution is 2.24. The molecule has 1 heterocycles. The summed E-state index contributed by atoms with van der Waals surface area (Å²) >= 11 is 3.33. The molecule has 0 radical (unpaired) electrons. The highest BCUT2D eigenvalue weighted by Gasteiger charge is 2.28. The number of anilines is 1. The molecule has 0 saturated carbocycles. The smallest absolute Gasteiger partial charge is 0.253 e. The minimum Gasteiger partial charge on any atom is -0.339 e. The molecule has 2 aromatic carbocycles. The van der Waals surface area contributed by atoms with E-state index in [1.54, 1.807) is 29.2 Å². The number of hydrogen-bond donors (Lipinski definition) is 1. The number of nitrogens with zero attached hydrogens (tertiary/aromatic N) is 1. The van der Waals surface area contributed by atoms with Gasteiger partial charge in [0.25, 0.3) is 5.91 Å². The minimum absolute atomic E-state index is 0.0866. The molecule has 2 aromatic rings. The molecule has 0 aromatic heterocycles. The van der Waals surface area contributed by atoms with Crippen LogP contribution in [0.25, 0.3) is 0 Å². The summed E-state index contributed by atoms with van der Waals surface area (Å²) in [6, 6.07) is 10.5. The monoisotopic (exact) mass is 422 g/mol. The van der Waals surface area contributed by atoms with E-state index in [2.05, 4.69) is 21.2 Å². The van der Waals surface area contributed by atoms with E-state index in [0.717, 1.165) is 16.6 Å². The fourth-order valence-corrected chi connectivity index (χ4v) is 3.23. The molecule has 1 N–H and O–H groups in total. The van der Waals surface area contributed by atoms with Crippen molar-refractivity contribution in [2.24, 2.45) is 5.92 Å². The Kier molecular flexibility index (Phi) is 5.66. The maximum atomic E-state index is 13.7. The van der Waals surface area contributed by atoms with Crippen molar-refractivity contribution in [3.8, 4) is 0 Å². The van der Waals surface area contributed by atoms with Crippen LogP contribution in [0.5, 0.6) is 0 Å². The first kappa shape index (κ1) is 18.5. The van der Waals surface area contributed by atoms with Crippen LogP contribution in [0.15, 0.2) is 46.9 Å². The number of carbonyl (C=O) groups is 2. The van der Waals surface area contributed by atoms with Crippen molar-refractivity contribution < 1.29 is 18.4 Å². The molecule has 1 saturated heterocycles. The van der Waals surface area contributed by atoms with Crippen molar-refractivity contribution in [3.63, 3.8) is 0 Å². The van der Waals surface area contributed by atoms with Crippen LogP contribution in [0.4, 0.5) is 14.5 Å². The second kappa shape index (κ2) is 7.95. The predicted molar refractivity (Wildman–Crippen MR) is 97.8 cm³/mol. The lowest BCUT2D eigenvalue weighted by Gasteiger charge is -2.31. The summed E-state index contributed by atoms with van der Waals surface area (Å²) in [5, 5.41) is 2.33. The number of amides is 2. The van der Waals surface area contributed by atoms with Crippen LogP contribution in [0.1, 0.15) is 23.2 Å². The number of rotatable bonds is 3. The van der Waals surface area contributed by atoms with Crippen LogP contribution in [-0.4, -0.2) is 29.8 Å². The summed E-state index contributed by atoms with van der Waals surface area (Å²) in [6.45, 7) is 0.847. The predicted octanol–water partition coefficient (Wildman–Crippen LogP) is 4.22. The minimum atomic E-state index is -0.804. The molecule has 0 spiro atoms. The lowest BCUT2D eigenvalue weighted by atomic mass is 9.95. The molecule has 3 rings (SSSR count). The number of likely N-dealkylation sites (tertiary alicyclic amines) is 1. The van der Waals surface area contributed by atoms with Crippen LogP contribution in [0, 0.1) is 17.6 Å². The lowest BCUT2D eigenvalue weighted by molar-refractivity contribution is -0.121. The standard InChI is InChI=1S/C19H17BrF2N2O2/c20-14-6-4-13(5-7-14)19(26)24-10-8-12(9-11-24)18(25)23-17-15(21)2-1-3-16(17)22/h1-7,12H,8-11H2,(H,23,25). The van der Waals surface area contributed by atoms with Gasteiger partial charge in [0.1, 0.15) is 17.3 Å². The Balaban J connectivity index is 1.58. The molecule has 4 nitrogen and oxygen atoms in total. The van der Waals surface area contributed by atoms with Gasteiger partial charge in [-0.05, 0) is 49.2 Å². The lowest BCUT2D eigenvalue weighted by Crippen LogP contribution is -2.41. The van der Waals surface area contributed by atoms with Crippen molar-refractivity contribution in [1.29, 1.82) is 0 Å². The van der Waals surface area contributed by atoms with E-state index in [-0.39, 0.29) is 11.8 Å². The molecule has 1 aliphatic heterocycles. The topological polar surface area (TPSA) is 49.4 Å². The van der Waals surface area contributed by atoms with Crippen LogP contribution < -0.4 is 5.32 Å². The largest absolute Gasteiger partial charge is 0.339 e. The number of hydrogen-bond acceptors (Lipinski definition) is 2. The number of nitrogens with one attached hydrogen (secondary N) is 1. The Morgan fingerprint density at radius 2 is 1.58 bits per heavy atom. The number of para-hydroxylation sites is 1. The molecule has 1 aliphatic rings. The average molecular weight is 423 g/mol. The first-order chi connectivity index (χ1) is 12.5. The van der Waals surface area contributed by atoms with E-state index >= 15 is 0 Å². The maximum Gasteiger partial charge on any atom is 0.253 e. The van der Waals surface area contributed by atoms with E-state index in [1.807, 2.05) is 0 Å². The first-order valence-corrected chi connectivity index (χ1v) is 9.04. The summed E-state index contributed by atoms with van der Waals surface area (Å²) in [4.78, 5) is 26.5. The van der Waals surface area contributed by atoms with E-state index < -0.39 is 23.2 Å². The van der Waals surface area contributed by atoms with E-state index in [4.69, 9.17) is 0 Å².